The minimum absolute atomic E-state index is 0.0740. The highest BCUT2D eigenvalue weighted by atomic mass is 32.2. The summed E-state index contributed by atoms with van der Waals surface area (Å²) in [6.07, 6.45) is 1.05. The SMILES string of the molecule is CSCC(CN(Cc1ccccc1)C(=O)O)C1COC(C)(C)O1. The van der Waals surface area contributed by atoms with E-state index in [1.54, 1.807) is 11.8 Å². The van der Waals surface area contributed by atoms with E-state index in [0.717, 1.165) is 11.3 Å². The molecule has 2 atom stereocenters. The molecule has 0 saturated carbocycles. The van der Waals surface area contributed by atoms with Gasteiger partial charge in [-0.15, -0.1) is 0 Å². The van der Waals surface area contributed by atoms with Crippen molar-refractivity contribution in [3.05, 3.63) is 35.9 Å². The van der Waals surface area contributed by atoms with Crippen LogP contribution in [0.25, 0.3) is 0 Å². The third-order valence-electron chi connectivity index (χ3n) is 3.88. The molecule has 1 aromatic rings. The number of thioether (sulfide) groups is 1. The lowest BCUT2D eigenvalue weighted by molar-refractivity contribution is -0.144. The van der Waals surface area contributed by atoms with Crippen LogP contribution in [0.15, 0.2) is 30.3 Å². The van der Waals surface area contributed by atoms with Gasteiger partial charge in [-0.3, -0.25) is 0 Å². The lowest BCUT2D eigenvalue weighted by Gasteiger charge is -2.29. The number of amides is 1. The van der Waals surface area contributed by atoms with E-state index < -0.39 is 11.9 Å². The second-order valence-electron chi connectivity index (χ2n) is 6.23. The van der Waals surface area contributed by atoms with Gasteiger partial charge in [0.25, 0.3) is 0 Å². The second kappa shape index (κ2) is 8.04. The summed E-state index contributed by atoms with van der Waals surface area (Å²) in [5.74, 6) is 0.351. The Morgan fingerprint density at radius 2 is 2.13 bits per heavy atom. The Hall–Kier alpha value is -1.24. The van der Waals surface area contributed by atoms with Gasteiger partial charge in [0.15, 0.2) is 5.79 Å². The smallest absolute Gasteiger partial charge is 0.407 e. The second-order valence-corrected chi connectivity index (χ2v) is 7.14. The van der Waals surface area contributed by atoms with Crippen molar-refractivity contribution in [2.24, 2.45) is 5.92 Å². The van der Waals surface area contributed by atoms with E-state index in [1.807, 2.05) is 50.4 Å². The molecule has 1 fully saturated rings. The summed E-state index contributed by atoms with van der Waals surface area (Å²) < 4.78 is 11.6. The van der Waals surface area contributed by atoms with Gasteiger partial charge >= 0.3 is 6.09 Å². The quantitative estimate of drug-likeness (QED) is 0.826. The molecular formula is C17H25NO4S. The summed E-state index contributed by atoms with van der Waals surface area (Å²) in [4.78, 5) is 13.1. The topological polar surface area (TPSA) is 59.0 Å². The van der Waals surface area contributed by atoms with Gasteiger partial charge in [0, 0.05) is 24.8 Å². The summed E-state index contributed by atoms with van der Waals surface area (Å²) in [6, 6.07) is 9.66. The van der Waals surface area contributed by atoms with Crippen LogP contribution in [0, 0.1) is 5.92 Å². The molecule has 0 radical (unpaired) electrons. The van der Waals surface area contributed by atoms with Crippen molar-refractivity contribution in [2.75, 3.05) is 25.2 Å². The van der Waals surface area contributed by atoms with Crippen LogP contribution < -0.4 is 0 Å². The number of hydrogen-bond donors (Lipinski definition) is 1. The molecule has 6 heteroatoms. The van der Waals surface area contributed by atoms with E-state index in [4.69, 9.17) is 9.47 Å². The summed E-state index contributed by atoms with van der Waals surface area (Å²) in [5.41, 5.74) is 0.988. The maximum atomic E-state index is 11.6. The van der Waals surface area contributed by atoms with Gasteiger partial charge in [0.05, 0.1) is 12.7 Å². The molecule has 0 aromatic heterocycles. The molecule has 23 heavy (non-hydrogen) atoms. The predicted molar refractivity (Wildman–Crippen MR) is 91.7 cm³/mol. The number of benzene rings is 1. The molecule has 0 spiro atoms. The molecule has 1 aliphatic rings. The van der Waals surface area contributed by atoms with E-state index in [9.17, 15) is 9.90 Å². The van der Waals surface area contributed by atoms with E-state index in [-0.39, 0.29) is 12.0 Å². The van der Waals surface area contributed by atoms with Crippen molar-refractivity contribution in [3.8, 4) is 0 Å². The molecular weight excluding hydrogens is 314 g/mol. The summed E-state index contributed by atoms with van der Waals surface area (Å²) in [6.45, 7) is 5.12. The van der Waals surface area contributed by atoms with Gasteiger partial charge < -0.3 is 19.5 Å². The van der Waals surface area contributed by atoms with Gasteiger partial charge in [-0.2, -0.15) is 11.8 Å². The van der Waals surface area contributed by atoms with Crippen molar-refractivity contribution >= 4 is 17.9 Å². The average molecular weight is 339 g/mol. The molecule has 1 N–H and O–H groups in total. The first-order valence-electron chi connectivity index (χ1n) is 7.74. The molecule has 0 aliphatic carbocycles. The van der Waals surface area contributed by atoms with Gasteiger partial charge in [-0.1, -0.05) is 30.3 Å². The first-order valence-corrected chi connectivity index (χ1v) is 9.13. The third kappa shape index (κ3) is 5.41. The Kier molecular flexibility index (Phi) is 6.33. The largest absolute Gasteiger partial charge is 0.465 e. The van der Waals surface area contributed by atoms with E-state index in [0.29, 0.717) is 19.7 Å². The van der Waals surface area contributed by atoms with Crippen LogP contribution in [-0.2, 0) is 16.0 Å². The van der Waals surface area contributed by atoms with Crippen molar-refractivity contribution < 1.29 is 19.4 Å². The Morgan fingerprint density at radius 1 is 1.43 bits per heavy atom. The minimum Gasteiger partial charge on any atom is -0.465 e. The highest BCUT2D eigenvalue weighted by Crippen LogP contribution is 2.29. The number of carboxylic acid groups (broad SMARTS) is 1. The Bertz CT molecular complexity index is 509. The number of hydrogen-bond acceptors (Lipinski definition) is 4. The number of nitrogens with zero attached hydrogens (tertiary/aromatic N) is 1. The van der Waals surface area contributed by atoms with E-state index in [2.05, 4.69) is 0 Å². The lowest BCUT2D eigenvalue weighted by Crippen LogP contribution is -2.40. The van der Waals surface area contributed by atoms with Crippen LogP contribution in [0.1, 0.15) is 19.4 Å². The molecule has 5 nitrogen and oxygen atoms in total. The third-order valence-corrected chi connectivity index (χ3v) is 4.64. The zero-order valence-corrected chi connectivity index (χ0v) is 14.7. The molecule has 1 saturated heterocycles. The van der Waals surface area contributed by atoms with Crippen LogP contribution in [0.5, 0.6) is 0 Å². The van der Waals surface area contributed by atoms with Crippen LogP contribution in [0.3, 0.4) is 0 Å². The number of carbonyl (C=O) groups is 1. The zero-order chi connectivity index (χ0) is 16.9. The molecule has 1 aliphatic heterocycles. The first kappa shape index (κ1) is 18.1. The van der Waals surface area contributed by atoms with Gasteiger partial charge in [-0.05, 0) is 25.7 Å². The van der Waals surface area contributed by atoms with Gasteiger partial charge in [0.2, 0.25) is 0 Å². The Labute approximate surface area is 142 Å². The first-order chi connectivity index (χ1) is 10.9. The fourth-order valence-corrected chi connectivity index (χ4v) is 3.48. The lowest BCUT2D eigenvalue weighted by atomic mass is 10.0. The van der Waals surface area contributed by atoms with Crippen molar-refractivity contribution in [3.63, 3.8) is 0 Å². The van der Waals surface area contributed by atoms with Gasteiger partial charge in [-0.25, -0.2) is 4.79 Å². The predicted octanol–water partition coefficient (Wildman–Crippen LogP) is 3.30. The van der Waals surface area contributed by atoms with Crippen molar-refractivity contribution in [1.29, 1.82) is 0 Å². The summed E-state index contributed by atoms with van der Waals surface area (Å²) >= 11 is 1.70. The fourth-order valence-electron chi connectivity index (χ4n) is 2.74. The maximum Gasteiger partial charge on any atom is 0.407 e. The molecule has 128 valence electrons. The van der Waals surface area contributed by atoms with Crippen LogP contribution >= 0.6 is 11.8 Å². The molecule has 1 heterocycles. The standard InChI is InChI=1S/C17H25NO4S/c1-17(2)21-11-15(22-17)14(12-23-3)10-18(16(19)20)9-13-7-5-4-6-8-13/h4-8,14-15H,9-12H2,1-3H3,(H,19,20). The Morgan fingerprint density at radius 3 is 2.65 bits per heavy atom. The highest BCUT2D eigenvalue weighted by molar-refractivity contribution is 7.98. The van der Waals surface area contributed by atoms with E-state index >= 15 is 0 Å². The maximum absolute atomic E-state index is 11.6. The number of ether oxygens (including phenoxy) is 2. The zero-order valence-electron chi connectivity index (χ0n) is 13.9. The van der Waals surface area contributed by atoms with E-state index in [1.165, 1.54) is 4.90 Å². The molecule has 2 rings (SSSR count). The van der Waals surface area contributed by atoms with Crippen molar-refractivity contribution in [1.82, 2.24) is 4.90 Å². The van der Waals surface area contributed by atoms with Crippen molar-refractivity contribution in [2.45, 2.75) is 32.3 Å². The molecule has 0 bridgehead atoms. The summed E-state index contributed by atoms with van der Waals surface area (Å²) in [7, 11) is 0. The van der Waals surface area contributed by atoms with Crippen LogP contribution in [0.4, 0.5) is 4.79 Å². The minimum atomic E-state index is -0.905. The molecule has 1 amide bonds. The monoisotopic (exact) mass is 339 g/mol. The van der Waals surface area contributed by atoms with Gasteiger partial charge in [0.1, 0.15) is 0 Å². The number of rotatable bonds is 7. The molecule has 2 unspecified atom stereocenters. The average Bonchev–Trinajstić information content (AvgIpc) is 2.87. The Balaban J connectivity index is 2.04. The highest BCUT2D eigenvalue weighted by Gasteiger charge is 2.38. The fraction of sp³-hybridized carbons (Fsp3) is 0.588. The molecule has 1 aromatic carbocycles. The normalized spacial score (nSPS) is 21.1. The van der Waals surface area contributed by atoms with Crippen LogP contribution in [-0.4, -0.2) is 53.2 Å². The summed E-state index contributed by atoms with van der Waals surface area (Å²) in [5, 5.41) is 9.54. The van der Waals surface area contributed by atoms with Crippen LogP contribution in [0.2, 0.25) is 0 Å².